The van der Waals surface area contributed by atoms with Crippen LogP contribution in [0.15, 0.2) is 53.3 Å². The number of halogens is 2. The largest absolute Gasteiger partial charge is 0.481 e. The van der Waals surface area contributed by atoms with Gasteiger partial charge in [-0.3, -0.25) is 9.59 Å². The first-order valence-electron chi connectivity index (χ1n) is 8.25. The summed E-state index contributed by atoms with van der Waals surface area (Å²) in [5, 5.41) is 9.88. The van der Waals surface area contributed by atoms with E-state index >= 15 is 0 Å². The third-order valence-corrected chi connectivity index (χ3v) is 4.80. The van der Waals surface area contributed by atoms with Gasteiger partial charge >= 0.3 is 5.97 Å². The Labute approximate surface area is 160 Å². The van der Waals surface area contributed by atoms with Gasteiger partial charge in [-0.15, -0.1) is 0 Å². The summed E-state index contributed by atoms with van der Waals surface area (Å²) >= 11 is 5.98. The smallest absolute Gasteiger partial charge is 0.309 e. The first kappa shape index (κ1) is 18.9. The van der Waals surface area contributed by atoms with Gasteiger partial charge in [0.15, 0.2) is 0 Å². The summed E-state index contributed by atoms with van der Waals surface area (Å²) < 4.78 is 14.7. The van der Waals surface area contributed by atoms with E-state index in [-0.39, 0.29) is 12.0 Å². The lowest BCUT2D eigenvalue weighted by molar-refractivity contribution is -0.136. The molecule has 6 heteroatoms. The molecule has 0 fully saturated rings. The zero-order valence-corrected chi connectivity index (χ0v) is 15.5. The molecule has 1 aromatic heterocycles. The van der Waals surface area contributed by atoms with Crippen molar-refractivity contribution in [3.8, 4) is 22.3 Å². The van der Waals surface area contributed by atoms with Crippen molar-refractivity contribution in [2.45, 2.75) is 13.3 Å². The van der Waals surface area contributed by atoms with Gasteiger partial charge < -0.3 is 9.67 Å². The van der Waals surface area contributed by atoms with Crippen molar-refractivity contribution in [3.05, 3.63) is 81.0 Å². The summed E-state index contributed by atoms with van der Waals surface area (Å²) in [7, 11) is 1.55. The molecule has 3 aromatic rings. The van der Waals surface area contributed by atoms with Gasteiger partial charge in [0.25, 0.3) is 5.56 Å². The molecule has 0 spiro atoms. The van der Waals surface area contributed by atoms with E-state index in [1.54, 1.807) is 50.4 Å². The van der Waals surface area contributed by atoms with Gasteiger partial charge in [-0.25, -0.2) is 4.39 Å². The number of benzene rings is 2. The zero-order chi connectivity index (χ0) is 19.7. The Kier molecular flexibility index (Phi) is 5.15. The van der Waals surface area contributed by atoms with Gasteiger partial charge in [-0.05, 0) is 47.9 Å². The second-order valence-corrected chi connectivity index (χ2v) is 6.71. The highest BCUT2D eigenvalue weighted by Gasteiger charge is 2.21. The minimum Gasteiger partial charge on any atom is -0.481 e. The average molecular weight is 386 g/mol. The van der Waals surface area contributed by atoms with Gasteiger partial charge in [0.2, 0.25) is 0 Å². The first-order chi connectivity index (χ1) is 12.8. The molecule has 0 saturated carbocycles. The van der Waals surface area contributed by atoms with E-state index in [2.05, 4.69) is 0 Å². The normalized spacial score (nSPS) is 10.8. The molecular weight excluding hydrogens is 369 g/mol. The van der Waals surface area contributed by atoms with Crippen LogP contribution in [0.1, 0.15) is 11.3 Å². The standard InChI is InChI=1S/C21H17ClFNO3/c1-12-19(13-3-7-15(22)8-4-13)17(11-18(25)26)24(2)21(27)20(12)14-5-9-16(23)10-6-14/h3-10H,11H2,1-2H3,(H,25,26). The Balaban J connectivity index is 2.38. The molecule has 0 aliphatic rings. The lowest BCUT2D eigenvalue weighted by Gasteiger charge is -2.19. The second-order valence-electron chi connectivity index (χ2n) is 6.27. The summed E-state index contributed by atoms with van der Waals surface area (Å²) in [6.45, 7) is 1.77. The van der Waals surface area contributed by atoms with E-state index in [0.717, 1.165) is 5.56 Å². The van der Waals surface area contributed by atoms with Gasteiger partial charge in [0.05, 0.1) is 12.0 Å². The summed E-state index contributed by atoms with van der Waals surface area (Å²) in [5.74, 6) is -1.43. The Morgan fingerprint density at radius 3 is 2.11 bits per heavy atom. The van der Waals surface area contributed by atoms with Gasteiger partial charge in [-0.2, -0.15) is 0 Å². The van der Waals surface area contributed by atoms with Crippen molar-refractivity contribution in [1.82, 2.24) is 4.57 Å². The van der Waals surface area contributed by atoms with Crippen LogP contribution in [0.3, 0.4) is 0 Å². The van der Waals surface area contributed by atoms with Crippen molar-refractivity contribution in [2.75, 3.05) is 0 Å². The highest BCUT2D eigenvalue weighted by atomic mass is 35.5. The summed E-state index contributed by atoms with van der Waals surface area (Å²) in [5.41, 5.74) is 3.13. The van der Waals surface area contributed by atoms with Crippen LogP contribution in [0.4, 0.5) is 4.39 Å². The minimum atomic E-state index is -1.03. The summed E-state index contributed by atoms with van der Waals surface area (Å²) in [6, 6.07) is 12.7. The van der Waals surface area contributed by atoms with E-state index in [4.69, 9.17) is 11.6 Å². The highest BCUT2D eigenvalue weighted by Crippen LogP contribution is 2.33. The molecule has 0 atom stereocenters. The predicted octanol–water partition coefficient (Wildman–Crippen LogP) is 4.45. The average Bonchev–Trinajstić information content (AvgIpc) is 2.62. The maximum atomic E-state index is 13.3. The molecule has 2 aromatic carbocycles. The van der Waals surface area contributed by atoms with E-state index in [0.29, 0.717) is 33.0 Å². The van der Waals surface area contributed by atoms with E-state index < -0.39 is 11.8 Å². The quantitative estimate of drug-likeness (QED) is 0.722. The minimum absolute atomic E-state index is 0.297. The third kappa shape index (κ3) is 3.64. The number of rotatable bonds is 4. The molecule has 0 radical (unpaired) electrons. The summed E-state index contributed by atoms with van der Waals surface area (Å²) in [6.07, 6.45) is -0.297. The van der Waals surface area contributed by atoms with Gasteiger partial charge in [-0.1, -0.05) is 35.9 Å². The number of aliphatic carboxylic acids is 1. The van der Waals surface area contributed by atoms with Crippen LogP contribution in [-0.2, 0) is 18.3 Å². The zero-order valence-electron chi connectivity index (χ0n) is 14.8. The number of hydrogen-bond acceptors (Lipinski definition) is 2. The highest BCUT2D eigenvalue weighted by molar-refractivity contribution is 6.30. The molecule has 3 rings (SSSR count). The van der Waals surface area contributed by atoms with Crippen molar-refractivity contribution >= 4 is 17.6 Å². The van der Waals surface area contributed by atoms with Crippen LogP contribution in [-0.4, -0.2) is 15.6 Å². The molecule has 1 N–H and O–H groups in total. The predicted molar refractivity (Wildman–Crippen MR) is 104 cm³/mol. The number of pyridine rings is 1. The topological polar surface area (TPSA) is 59.3 Å². The van der Waals surface area contributed by atoms with E-state index in [9.17, 15) is 19.1 Å². The molecule has 0 aliphatic heterocycles. The van der Waals surface area contributed by atoms with Crippen LogP contribution in [0.5, 0.6) is 0 Å². The molecule has 138 valence electrons. The monoisotopic (exact) mass is 385 g/mol. The Morgan fingerprint density at radius 1 is 1.04 bits per heavy atom. The maximum absolute atomic E-state index is 13.3. The lowest BCUT2D eigenvalue weighted by atomic mass is 9.91. The van der Waals surface area contributed by atoms with Crippen molar-refractivity contribution < 1.29 is 14.3 Å². The SMILES string of the molecule is Cc1c(-c2ccc(Cl)cc2)c(CC(=O)O)n(C)c(=O)c1-c1ccc(F)cc1. The summed E-state index contributed by atoms with van der Waals surface area (Å²) in [4.78, 5) is 24.4. The molecule has 0 amide bonds. The van der Waals surface area contributed by atoms with Crippen molar-refractivity contribution in [3.63, 3.8) is 0 Å². The number of carbonyl (C=O) groups is 1. The Morgan fingerprint density at radius 2 is 1.56 bits per heavy atom. The number of hydrogen-bond donors (Lipinski definition) is 1. The van der Waals surface area contributed by atoms with E-state index in [1.165, 1.54) is 16.7 Å². The number of aromatic nitrogens is 1. The van der Waals surface area contributed by atoms with Crippen molar-refractivity contribution in [2.24, 2.45) is 7.05 Å². The van der Waals surface area contributed by atoms with Gasteiger partial charge in [0.1, 0.15) is 5.82 Å². The van der Waals surface area contributed by atoms with Gasteiger partial charge in [0, 0.05) is 23.3 Å². The second kappa shape index (κ2) is 7.37. The molecule has 4 nitrogen and oxygen atoms in total. The van der Waals surface area contributed by atoms with Crippen LogP contribution in [0.25, 0.3) is 22.3 Å². The molecule has 0 unspecified atom stereocenters. The van der Waals surface area contributed by atoms with E-state index in [1.807, 2.05) is 0 Å². The van der Waals surface area contributed by atoms with Crippen molar-refractivity contribution in [1.29, 1.82) is 0 Å². The Bertz CT molecular complexity index is 1070. The van der Waals surface area contributed by atoms with Crippen LogP contribution in [0.2, 0.25) is 5.02 Å². The van der Waals surface area contributed by atoms with Crippen LogP contribution in [0, 0.1) is 12.7 Å². The lowest BCUT2D eigenvalue weighted by Crippen LogP contribution is -2.26. The maximum Gasteiger partial charge on any atom is 0.309 e. The molecule has 27 heavy (non-hydrogen) atoms. The molecular formula is C21H17ClFNO3. The Hall–Kier alpha value is -2.92. The van der Waals surface area contributed by atoms with Crippen LogP contribution < -0.4 is 5.56 Å². The molecule has 0 saturated heterocycles. The fourth-order valence-electron chi connectivity index (χ4n) is 3.27. The number of nitrogens with zero attached hydrogens (tertiary/aromatic N) is 1. The molecule has 0 aliphatic carbocycles. The molecule has 1 heterocycles. The number of carboxylic acids is 1. The number of carboxylic acid groups (broad SMARTS) is 1. The van der Waals surface area contributed by atoms with Crippen LogP contribution >= 0.6 is 11.6 Å². The molecule has 0 bridgehead atoms. The fourth-order valence-corrected chi connectivity index (χ4v) is 3.39. The first-order valence-corrected chi connectivity index (χ1v) is 8.63. The fraction of sp³-hybridized carbons (Fsp3) is 0.143. The third-order valence-electron chi connectivity index (χ3n) is 4.55.